The third kappa shape index (κ3) is 3.50. The number of nitrogens with one attached hydrogen (secondary N) is 2. The standard InChI is InChI=1S/C15H18N2O/c1-2-18-15-11-7-6-8-13(15)12-16-17-14-9-4-3-5-10-14/h3-11,16-17H,2,12H2,1H3. The quantitative estimate of drug-likeness (QED) is 0.763. The molecule has 2 rings (SSSR count). The highest BCUT2D eigenvalue weighted by atomic mass is 16.5. The van der Waals surface area contributed by atoms with E-state index >= 15 is 0 Å². The van der Waals surface area contributed by atoms with Crippen LogP contribution in [0.1, 0.15) is 12.5 Å². The fraction of sp³-hybridized carbons (Fsp3) is 0.200. The minimum absolute atomic E-state index is 0.684. The van der Waals surface area contributed by atoms with Gasteiger partial charge in [-0.3, -0.25) is 0 Å². The van der Waals surface area contributed by atoms with E-state index < -0.39 is 0 Å². The van der Waals surface area contributed by atoms with Crippen molar-refractivity contribution in [2.75, 3.05) is 12.0 Å². The highest BCUT2D eigenvalue weighted by Gasteiger charge is 2.01. The number of hydrogen-bond donors (Lipinski definition) is 2. The van der Waals surface area contributed by atoms with Crippen LogP contribution in [0.15, 0.2) is 54.6 Å². The lowest BCUT2D eigenvalue weighted by Gasteiger charge is -2.12. The first-order valence-electron chi connectivity index (χ1n) is 6.15. The van der Waals surface area contributed by atoms with Crippen LogP contribution in [0.5, 0.6) is 5.75 Å². The molecule has 0 aliphatic rings. The number of anilines is 1. The van der Waals surface area contributed by atoms with Gasteiger partial charge in [0.1, 0.15) is 5.75 Å². The Morgan fingerprint density at radius 3 is 2.44 bits per heavy atom. The van der Waals surface area contributed by atoms with Crippen LogP contribution in [0.3, 0.4) is 0 Å². The summed E-state index contributed by atoms with van der Waals surface area (Å²) < 4.78 is 5.57. The minimum Gasteiger partial charge on any atom is -0.494 e. The zero-order valence-electron chi connectivity index (χ0n) is 10.5. The molecule has 0 aromatic heterocycles. The Bertz CT molecular complexity index is 471. The molecule has 18 heavy (non-hydrogen) atoms. The van der Waals surface area contributed by atoms with Gasteiger partial charge in [-0.1, -0.05) is 36.4 Å². The molecule has 0 aliphatic heterocycles. The number of rotatable bonds is 6. The average Bonchev–Trinajstić information content (AvgIpc) is 2.42. The fourth-order valence-corrected chi connectivity index (χ4v) is 1.71. The van der Waals surface area contributed by atoms with Crippen molar-refractivity contribution in [3.63, 3.8) is 0 Å². The van der Waals surface area contributed by atoms with E-state index in [1.54, 1.807) is 0 Å². The Labute approximate surface area is 108 Å². The van der Waals surface area contributed by atoms with Crippen LogP contribution in [0.2, 0.25) is 0 Å². The van der Waals surface area contributed by atoms with E-state index in [0.717, 1.165) is 17.0 Å². The van der Waals surface area contributed by atoms with Gasteiger partial charge >= 0.3 is 0 Å². The molecule has 94 valence electrons. The van der Waals surface area contributed by atoms with Gasteiger partial charge in [0.15, 0.2) is 0 Å². The van der Waals surface area contributed by atoms with Crippen LogP contribution in [-0.2, 0) is 6.54 Å². The van der Waals surface area contributed by atoms with E-state index in [1.165, 1.54) is 0 Å². The topological polar surface area (TPSA) is 33.3 Å². The number of para-hydroxylation sites is 2. The SMILES string of the molecule is CCOc1ccccc1CNNc1ccccc1. The number of hydrogen-bond acceptors (Lipinski definition) is 3. The van der Waals surface area contributed by atoms with Crippen molar-refractivity contribution in [2.45, 2.75) is 13.5 Å². The van der Waals surface area contributed by atoms with Gasteiger partial charge in [0.05, 0.1) is 6.61 Å². The Balaban J connectivity index is 1.90. The van der Waals surface area contributed by atoms with Crippen molar-refractivity contribution in [1.82, 2.24) is 5.43 Å². The second kappa shape index (κ2) is 6.67. The van der Waals surface area contributed by atoms with Gasteiger partial charge in [-0.2, -0.15) is 0 Å². The van der Waals surface area contributed by atoms with Crippen LogP contribution >= 0.6 is 0 Å². The highest BCUT2D eigenvalue weighted by molar-refractivity contribution is 5.41. The zero-order chi connectivity index (χ0) is 12.6. The summed E-state index contributed by atoms with van der Waals surface area (Å²) in [5.41, 5.74) is 8.53. The smallest absolute Gasteiger partial charge is 0.123 e. The maximum Gasteiger partial charge on any atom is 0.123 e. The predicted molar refractivity (Wildman–Crippen MR) is 74.5 cm³/mol. The van der Waals surface area contributed by atoms with Gasteiger partial charge in [-0.05, 0) is 25.1 Å². The van der Waals surface area contributed by atoms with Gasteiger partial charge in [0.25, 0.3) is 0 Å². The first-order chi connectivity index (χ1) is 8.90. The van der Waals surface area contributed by atoms with Crippen LogP contribution in [-0.4, -0.2) is 6.61 Å². The molecule has 0 saturated heterocycles. The van der Waals surface area contributed by atoms with Crippen LogP contribution in [0.4, 0.5) is 5.69 Å². The minimum atomic E-state index is 0.684. The van der Waals surface area contributed by atoms with Crippen molar-refractivity contribution < 1.29 is 4.74 Å². The second-order valence-electron chi connectivity index (χ2n) is 3.89. The molecular formula is C15H18N2O. The molecule has 0 saturated carbocycles. The summed E-state index contributed by atoms with van der Waals surface area (Å²) in [6.45, 7) is 3.39. The maximum absolute atomic E-state index is 5.57. The number of hydrazine groups is 1. The Kier molecular flexibility index (Phi) is 4.61. The molecule has 0 atom stereocenters. The highest BCUT2D eigenvalue weighted by Crippen LogP contribution is 2.17. The van der Waals surface area contributed by atoms with Gasteiger partial charge in [0, 0.05) is 17.8 Å². The summed E-state index contributed by atoms with van der Waals surface area (Å²) in [4.78, 5) is 0. The molecule has 0 heterocycles. The lowest BCUT2D eigenvalue weighted by Crippen LogP contribution is -2.21. The van der Waals surface area contributed by atoms with Crippen LogP contribution in [0, 0.1) is 0 Å². The third-order valence-corrected chi connectivity index (χ3v) is 2.56. The van der Waals surface area contributed by atoms with E-state index in [4.69, 9.17) is 4.74 Å². The summed E-state index contributed by atoms with van der Waals surface area (Å²) in [6.07, 6.45) is 0. The van der Waals surface area contributed by atoms with E-state index in [2.05, 4.69) is 16.9 Å². The molecule has 0 unspecified atom stereocenters. The van der Waals surface area contributed by atoms with Crippen LogP contribution < -0.4 is 15.6 Å². The fourth-order valence-electron chi connectivity index (χ4n) is 1.71. The number of ether oxygens (including phenoxy) is 1. The normalized spacial score (nSPS) is 10.1. The summed E-state index contributed by atoms with van der Waals surface area (Å²) in [5, 5.41) is 0. The second-order valence-corrected chi connectivity index (χ2v) is 3.89. The van der Waals surface area contributed by atoms with Gasteiger partial charge in [-0.25, -0.2) is 5.43 Å². The average molecular weight is 242 g/mol. The molecule has 2 aromatic carbocycles. The molecule has 0 spiro atoms. The van der Waals surface area contributed by atoms with Crippen molar-refractivity contribution in [3.05, 3.63) is 60.2 Å². The van der Waals surface area contributed by atoms with Crippen LogP contribution in [0.25, 0.3) is 0 Å². The monoisotopic (exact) mass is 242 g/mol. The predicted octanol–water partition coefficient (Wildman–Crippen LogP) is 3.20. The Morgan fingerprint density at radius 2 is 1.67 bits per heavy atom. The molecule has 0 amide bonds. The molecule has 0 aliphatic carbocycles. The molecule has 3 heteroatoms. The maximum atomic E-state index is 5.57. The molecule has 2 aromatic rings. The van der Waals surface area contributed by atoms with Crippen molar-refractivity contribution in [2.24, 2.45) is 0 Å². The Hall–Kier alpha value is -2.00. The van der Waals surface area contributed by atoms with E-state index in [0.29, 0.717) is 13.2 Å². The summed E-state index contributed by atoms with van der Waals surface area (Å²) in [5.74, 6) is 0.933. The molecule has 0 bridgehead atoms. The first kappa shape index (κ1) is 12.5. The van der Waals surface area contributed by atoms with Gasteiger partial charge in [0.2, 0.25) is 0 Å². The van der Waals surface area contributed by atoms with Crippen molar-refractivity contribution in [1.29, 1.82) is 0 Å². The number of benzene rings is 2. The van der Waals surface area contributed by atoms with Gasteiger partial charge in [-0.15, -0.1) is 0 Å². The van der Waals surface area contributed by atoms with E-state index in [1.807, 2.05) is 55.5 Å². The van der Waals surface area contributed by atoms with Crippen molar-refractivity contribution >= 4 is 5.69 Å². The lowest BCUT2D eigenvalue weighted by atomic mass is 10.2. The molecule has 0 radical (unpaired) electrons. The van der Waals surface area contributed by atoms with E-state index in [-0.39, 0.29) is 0 Å². The summed E-state index contributed by atoms with van der Waals surface area (Å²) in [7, 11) is 0. The molecular weight excluding hydrogens is 224 g/mol. The van der Waals surface area contributed by atoms with Gasteiger partial charge < -0.3 is 10.2 Å². The largest absolute Gasteiger partial charge is 0.494 e. The van der Waals surface area contributed by atoms with E-state index in [9.17, 15) is 0 Å². The first-order valence-corrected chi connectivity index (χ1v) is 6.15. The summed E-state index contributed by atoms with van der Waals surface area (Å²) >= 11 is 0. The lowest BCUT2D eigenvalue weighted by molar-refractivity contribution is 0.336. The Morgan fingerprint density at radius 1 is 0.944 bits per heavy atom. The molecule has 3 nitrogen and oxygen atoms in total. The summed E-state index contributed by atoms with van der Waals surface area (Å²) in [6, 6.07) is 18.1. The zero-order valence-corrected chi connectivity index (χ0v) is 10.5. The molecule has 2 N–H and O–H groups in total. The molecule has 0 fully saturated rings. The van der Waals surface area contributed by atoms with Crippen molar-refractivity contribution in [3.8, 4) is 5.75 Å². The third-order valence-electron chi connectivity index (χ3n) is 2.56.